The van der Waals surface area contributed by atoms with Gasteiger partial charge in [0.1, 0.15) is 11.2 Å². The third kappa shape index (κ3) is 16.7. The number of rotatable bonds is 6. The van der Waals surface area contributed by atoms with Crippen molar-refractivity contribution in [3.8, 4) is 0 Å². The van der Waals surface area contributed by atoms with Crippen molar-refractivity contribution in [2.75, 3.05) is 40.5 Å². The van der Waals surface area contributed by atoms with Gasteiger partial charge in [0, 0.05) is 28.7 Å². The zero-order valence-electron chi connectivity index (χ0n) is 31.7. The summed E-state index contributed by atoms with van der Waals surface area (Å²) in [7, 11) is 2.76. The minimum Gasteiger partial charge on any atom is -0.479 e. The van der Waals surface area contributed by atoms with E-state index in [-0.39, 0.29) is 44.3 Å². The van der Waals surface area contributed by atoms with Crippen LogP contribution in [0.4, 0.5) is 14.4 Å². The van der Waals surface area contributed by atoms with Crippen LogP contribution in [0, 0.1) is 0 Å². The van der Waals surface area contributed by atoms with E-state index in [9.17, 15) is 24.0 Å². The standard InChI is InChI=1S/C18H25ClN2O4.C17H22ClNO5.C2H3ClO2/c1-18(2,3)25-17(23)21-10-15(16(22)20-4)24-11-14(21)9-12-5-7-13(19)8-6-12;1-17(2,3)24-16(22)19-9-14(15(20)21)23-10-13(19)8-11-4-6-12(18)7-5-11;1-5-2(3)4/h5-8,14-15H,9-11H2,1-4H3,(H,20,22);4-7,13-14H,8-10H2,1-3H3,(H,20,21);1H3/t14-,15+;13-,14+;/m00./s1. The molecule has 300 valence electrons. The minimum absolute atomic E-state index is 0.0392. The second-order valence-corrected chi connectivity index (χ2v) is 15.5. The van der Waals surface area contributed by atoms with Crippen molar-refractivity contribution in [3.63, 3.8) is 0 Å². The van der Waals surface area contributed by atoms with Crippen LogP contribution in [0.25, 0.3) is 0 Å². The average molecular weight is 819 g/mol. The summed E-state index contributed by atoms with van der Waals surface area (Å²) < 4.78 is 25.8. The largest absolute Gasteiger partial charge is 0.479 e. The first-order chi connectivity index (χ1) is 25.1. The Labute approximate surface area is 331 Å². The number of hydrogen-bond donors (Lipinski definition) is 2. The van der Waals surface area contributed by atoms with Crippen molar-refractivity contribution >= 4 is 64.3 Å². The zero-order chi connectivity index (χ0) is 40.8. The Morgan fingerprint density at radius 3 is 1.41 bits per heavy atom. The van der Waals surface area contributed by atoms with E-state index in [1.54, 1.807) is 44.9 Å². The quantitative estimate of drug-likeness (QED) is 0.238. The Morgan fingerprint density at radius 1 is 0.741 bits per heavy atom. The molecule has 4 rings (SSSR count). The summed E-state index contributed by atoms with van der Waals surface area (Å²) in [6.07, 6.45) is -1.59. The number of carbonyl (C=O) groups is 5. The Morgan fingerprint density at radius 2 is 1.09 bits per heavy atom. The highest BCUT2D eigenvalue weighted by Gasteiger charge is 2.39. The van der Waals surface area contributed by atoms with Gasteiger partial charge < -0.3 is 34.1 Å². The molecule has 2 aromatic rings. The summed E-state index contributed by atoms with van der Waals surface area (Å²) in [6, 6.07) is 14.3. The van der Waals surface area contributed by atoms with Gasteiger partial charge in [-0.15, -0.1) is 0 Å². The normalized spacial score (nSPS) is 19.8. The molecular formula is C37H50Cl3N3O11. The summed E-state index contributed by atoms with van der Waals surface area (Å²) in [5, 5.41) is 13.0. The second kappa shape index (κ2) is 21.3. The molecule has 0 aromatic heterocycles. The number of carboxylic acids is 1. The Bertz CT molecular complexity index is 1550. The predicted molar refractivity (Wildman–Crippen MR) is 203 cm³/mol. The number of nitrogens with zero attached hydrogens (tertiary/aromatic N) is 2. The number of nitrogens with one attached hydrogen (secondary N) is 1. The van der Waals surface area contributed by atoms with E-state index in [4.69, 9.17) is 47.3 Å². The summed E-state index contributed by atoms with van der Waals surface area (Å²) in [5.41, 5.74) is -0.0212. The van der Waals surface area contributed by atoms with Gasteiger partial charge in [0.25, 0.3) is 5.91 Å². The molecule has 0 radical (unpaired) electrons. The number of methoxy groups -OCH3 is 1. The topological polar surface area (TPSA) is 170 Å². The van der Waals surface area contributed by atoms with Crippen LogP contribution in [0.5, 0.6) is 0 Å². The van der Waals surface area contributed by atoms with Gasteiger partial charge in [0.15, 0.2) is 12.2 Å². The van der Waals surface area contributed by atoms with Crippen molar-refractivity contribution < 1.29 is 52.8 Å². The Kier molecular flexibility index (Phi) is 18.3. The Hall–Kier alpha value is -3.82. The van der Waals surface area contributed by atoms with E-state index in [1.165, 1.54) is 12.0 Å². The van der Waals surface area contributed by atoms with E-state index >= 15 is 0 Å². The molecule has 2 aromatic carbocycles. The molecule has 17 heteroatoms. The summed E-state index contributed by atoms with van der Waals surface area (Å²) >= 11 is 16.4. The van der Waals surface area contributed by atoms with Gasteiger partial charge in [0.05, 0.1) is 45.5 Å². The first-order valence-electron chi connectivity index (χ1n) is 17.0. The number of ether oxygens (including phenoxy) is 5. The molecule has 0 unspecified atom stereocenters. The van der Waals surface area contributed by atoms with Gasteiger partial charge >= 0.3 is 23.6 Å². The molecule has 0 saturated carbocycles. The maximum absolute atomic E-state index is 12.6. The number of benzene rings is 2. The fourth-order valence-electron chi connectivity index (χ4n) is 5.08. The smallest absolute Gasteiger partial charge is 0.410 e. The molecular weight excluding hydrogens is 769 g/mol. The lowest BCUT2D eigenvalue weighted by atomic mass is 10.0. The minimum atomic E-state index is -1.09. The van der Waals surface area contributed by atoms with E-state index in [0.29, 0.717) is 22.9 Å². The highest BCUT2D eigenvalue weighted by atomic mass is 35.5. The van der Waals surface area contributed by atoms with Crippen molar-refractivity contribution in [3.05, 3.63) is 69.7 Å². The number of hydrogen-bond acceptors (Lipinski definition) is 10. The molecule has 3 amide bonds. The summed E-state index contributed by atoms with van der Waals surface area (Å²) in [5.74, 6) is -1.34. The SMILES string of the molecule is CC(C)(C)OC(=O)N1C[C@H](C(=O)O)OC[C@@H]1Cc1ccc(Cl)cc1.CNC(=O)[C@H]1CN(C(=O)OC(C)(C)C)[C@@H](Cc2ccc(Cl)cc2)CO1.COC(=O)Cl. The maximum atomic E-state index is 12.6. The molecule has 2 aliphatic heterocycles. The monoisotopic (exact) mass is 817 g/mol. The van der Waals surface area contributed by atoms with Gasteiger partial charge in [-0.3, -0.25) is 14.6 Å². The van der Waals surface area contributed by atoms with Crippen LogP contribution < -0.4 is 5.32 Å². The van der Waals surface area contributed by atoms with Crippen molar-refractivity contribution in [2.45, 2.75) is 89.9 Å². The summed E-state index contributed by atoms with van der Waals surface area (Å²) in [4.78, 5) is 60.6. The molecule has 2 fully saturated rings. The van der Waals surface area contributed by atoms with Crippen molar-refractivity contribution in [1.29, 1.82) is 0 Å². The molecule has 54 heavy (non-hydrogen) atoms. The van der Waals surface area contributed by atoms with Crippen LogP contribution in [-0.4, -0.2) is 120 Å². The molecule has 14 nitrogen and oxygen atoms in total. The number of halogens is 3. The molecule has 0 spiro atoms. The first kappa shape index (κ1) is 46.3. The third-order valence-electron chi connectivity index (χ3n) is 7.59. The molecule has 2 N–H and O–H groups in total. The molecule has 2 saturated heterocycles. The van der Waals surface area contributed by atoms with E-state index < -0.39 is 47.0 Å². The fraction of sp³-hybridized carbons (Fsp3) is 0.541. The summed E-state index contributed by atoms with van der Waals surface area (Å²) in [6.45, 7) is 11.3. The van der Waals surface area contributed by atoms with Gasteiger partial charge in [-0.1, -0.05) is 47.5 Å². The predicted octanol–water partition coefficient (Wildman–Crippen LogP) is 6.60. The first-order valence-corrected chi connectivity index (χ1v) is 18.1. The molecule has 0 aliphatic carbocycles. The van der Waals surface area contributed by atoms with Crippen molar-refractivity contribution in [2.24, 2.45) is 0 Å². The van der Waals surface area contributed by atoms with Crippen LogP contribution in [0.1, 0.15) is 52.7 Å². The van der Waals surface area contributed by atoms with Crippen LogP contribution in [0.2, 0.25) is 10.0 Å². The van der Waals surface area contributed by atoms with Crippen LogP contribution in [-0.2, 0) is 46.1 Å². The number of aliphatic carboxylic acids is 1. The van der Waals surface area contributed by atoms with E-state index in [0.717, 1.165) is 11.1 Å². The van der Waals surface area contributed by atoms with Crippen LogP contribution in [0.3, 0.4) is 0 Å². The van der Waals surface area contributed by atoms with E-state index in [2.05, 4.69) is 21.7 Å². The van der Waals surface area contributed by atoms with Crippen LogP contribution in [0.15, 0.2) is 48.5 Å². The fourth-order valence-corrected chi connectivity index (χ4v) is 5.33. The Balaban J connectivity index is 0.000000332. The zero-order valence-corrected chi connectivity index (χ0v) is 34.0. The molecule has 4 atom stereocenters. The number of carbonyl (C=O) groups excluding carboxylic acids is 4. The number of likely N-dealkylation sites (N-methyl/N-ethyl adjacent to an activating group) is 1. The lowest BCUT2D eigenvalue weighted by Crippen LogP contribution is -2.57. The van der Waals surface area contributed by atoms with Gasteiger partial charge in [0.2, 0.25) is 0 Å². The highest BCUT2D eigenvalue weighted by Crippen LogP contribution is 2.23. The molecule has 0 bridgehead atoms. The van der Waals surface area contributed by atoms with Gasteiger partial charge in [-0.2, -0.15) is 0 Å². The second-order valence-electron chi connectivity index (χ2n) is 14.3. The lowest BCUT2D eigenvalue weighted by molar-refractivity contribution is -0.158. The van der Waals surface area contributed by atoms with Crippen LogP contribution >= 0.6 is 34.8 Å². The lowest BCUT2D eigenvalue weighted by Gasteiger charge is -2.39. The maximum Gasteiger partial charge on any atom is 0.410 e. The third-order valence-corrected chi connectivity index (χ3v) is 8.24. The molecule has 2 heterocycles. The average Bonchev–Trinajstić information content (AvgIpc) is 3.09. The van der Waals surface area contributed by atoms with Gasteiger partial charge in [-0.25, -0.2) is 19.2 Å². The van der Waals surface area contributed by atoms with Gasteiger partial charge in [-0.05, 0) is 89.8 Å². The molecule has 2 aliphatic rings. The number of amides is 3. The van der Waals surface area contributed by atoms with Crippen molar-refractivity contribution in [1.82, 2.24) is 15.1 Å². The van der Waals surface area contributed by atoms with E-state index in [1.807, 2.05) is 57.2 Å². The highest BCUT2D eigenvalue weighted by molar-refractivity contribution is 6.61. The number of carboxylic acid groups (broad SMARTS) is 1. The number of morpholine rings is 2.